The van der Waals surface area contributed by atoms with Crippen molar-refractivity contribution in [3.8, 4) is 0 Å². The van der Waals surface area contributed by atoms with E-state index in [2.05, 4.69) is 29.2 Å². The summed E-state index contributed by atoms with van der Waals surface area (Å²) in [5.74, 6) is 0.322. The van der Waals surface area contributed by atoms with Gasteiger partial charge in [-0.1, -0.05) is 6.92 Å². The summed E-state index contributed by atoms with van der Waals surface area (Å²) < 4.78 is 3.66. The van der Waals surface area contributed by atoms with Gasteiger partial charge in [-0.25, -0.2) is 4.98 Å². The van der Waals surface area contributed by atoms with Gasteiger partial charge in [-0.2, -0.15) is 5.10 Å². The number of anilines is 1. The molecular weight excluding hydrogens is 242 g/mol. The molecule has 1 N–H and O–H groups in total. The Labute approximate surface area is 112 Å². The number of aryl methyl sites for hydroxylation is 2. The first-order valence-electron chi connectivity index (χ1n) is 6.36. The van der Waals surface area contributed by atoms with E-state index in [0.717, 1.165) is 12.1 Å². The highest BCUT2D eigenvalue weighted by Gasteiger charge is 2.13. The van der Waals surface area contributed by atoms with Crippen molar-refractivity contribution in [2.24, 2.45) is 7.05 Å². The molecule has 19 heavy (non-hydrogen) atoms. The van der Waals surface area contributed by atoms with Crippen LogP contribution in [0.3, 0.4) is 0 Å². The maximum atomic E-state index is 12.0. The summed E-state index contributed by atoms with van der Waals surface area (Å²) in [6.45, 7) is 6.19. The number of nitrogens with one attached hydrogen (secondary N) is 1. The van der Waals surface area contributed by atoms with Crippen LogP contribution in [0.2, 0.25) is 0 Å². The number of hydrogen-bond acceptors (Lipinski definition) is 3. The SMILES string of the molecule is CCC(C)n1nc(NC(=O)c2cn(C)cn2)cc1C. The summed E-state index contributed by atoms with van der Waals surface area (Å²) in [5, 5.41) is 7.17. The third-order valence-electron chi connectivity index (χ3n) is 3.11. The second-order valence-electron chi connectivity index (χ2n) is 4.75. The summed E-state index contributed by atoms with van der Waals surface area (Å²) in [4.78, 5) is 16.0. The molecule has 1 atom stereocenters. The molecule has 1 unspecified atom stereocenters. The van der Waals surface area contributed by atoms with Crippen molar-refractivity contribution in [3.05, 3.63) is 30.0 Å². The molecular formula is C13H19N5O. The van der Waals surface area contributed by atoms with Gasteiger partial charge in [0, 0.05) is 31.0 Å². The number of carbonyl (C=O) groups is 1. The molecule has 2 aromatic rings. The number of aromatic nitrogens is 4. The lowest BCUT2D eigenvalue weighted by Crippen LogP contribution is -2.14. The van der Waals surface area contributed by atoms with Crippen LogP contribution >= 0.6 is 0 Å². The average Bonchev–Trinajstić information content (AvgIpc) is 2.95. The fourth-order valence-electron chi connectivity index (χ4n) is 1.88. The zero-order valence-electron chi connectivity index (χ0n) is 11.7. The molecule has 0 saturated carbocycles. The van der Waals surface area contributed by atoms with Gasteiger partial charge in [0.05, 0.1) is 6.33 Å². The van der Waals surface area contributed by atoms with E-state index in [-0.39, 0.29) is 5.91 Å². The van der Waals surface area contributed by atoms with Crippen LogP contribution in [0.25, 0.3) is 0 Å². The Balaban J connectivity index is 2.13. The average molecular weight is 261 g/mol. The molecule has 0 aliphatic carbocycles. The lowest BCUT2D eigenvalue weighted by molar-refractivity contribution is 0.102. The van der Waals surface area contributed by atoms with E-state index in [1.807, 2.05) is 24.7 Å². The van der Waals surface area contributed by atoms with Crippen molar-refractivity contribution in [2.45, 2.75) is 33.2 Å². The van der Waals surface area contributed by atoms with Gasteiger partial charge in [0.25, 0.3) is 5.91 Å². The maximum absolute atomic E-state index is 12.0. The van der Waals surface area contributed by atoms with Gasteiger partial charge in [-0.3, -0.25) is 9.48 Å². The molecule has 0 radical (unpaired) electrons. The third kappa shape index (κ3) is 2.83. The van der Waals surface area contributed by atoms with Crippen LogP contribution in [-0.2, 0) is 7.05 Å². The summed E-state index contributed by atoms with van der Waals surface area (Å²) >= 11 is 0. The summed E-state index contributed by atoms with van der Waals surface area (Å²) in [6.07, 6.45) is 4.27. The van der Waals surface area contributed by atoms with E-state index in [9.17, 15) is 4.79 Å². The second-order valence-corrected chi connectivity index (χ2v) is 4.75. The van der Waals surface area contributed by atoms with Crippen LogP contribution in [0.4, 0.5) is 5.82 Å². The monoisotopic (exact) mass is 261 g/mol. The third-order valence-corrected chi connectivity index (χ3v) is 3.11. The van der Waals surface area contributed by atoms with Gasteiger partial charge in [0.2, 0.25) is 0 Å². The summed E-state index contributed by atoms with van der Waals surface area (Å²) in [6, 6.07) is 2.19. The van der Waals surface area contributed by atoms with Crippen LogP contribution < -0.4 is 5.32 Å². The molecule has 0 aromatic carbocycles. The summed E-state index contributed by atoms with van der Waals surface area (Å²) in [7, 11) is 1.82. The second kappa shape index (κ2) is 5.26. The van der Waals surface area contributed by atoms with Crippen molar-refractivity contribution < 1.29 is 4.79 Å². The standard InChI is InChI=1S/C13H19N5O/c1-5-9(2)18-10(3)6-12(16-18)15-13(19)11-7-17(4)8-14-11/h6-9H,5H2,1-4H3,(H,15,16,19). The molecule has 2 rings (SSSR count). The van der Waals surface area contributed by atoms with Crippen LogP contribution in [0.1, 0.15) is 42.5 Å². The van der Waals surface area contributed by atoms with E-state index in [0.29, 0.717) is 17.6 Å². The van der Waals surface area contributed by atoms with Crippen LogP contribution in [0, 0.1) is 6.92 Å². The molecule has 2 aromatic heterocycles. The molecule has 0 bridgehead atoms. The zero-order chi connectivity index (χ0) is 14.0. The molecule has 6 heteroatoms. The van der Waals surface area contributed by atoms with Crippen molar-refractivity contribution in [1.82, 2.24) is 19.3 Å². The molecule has 0 fully saturated rings. The maximum Gasteiger partial charge on any atom is 0.277 e. The van der Waals surface area contributed by atoms with E-state index in [1.54, 1.807) is 17.1 Å². The predicted molar refractivity (Wildman–Crippen MR) is 73.1 cm³/mol. The van der Waals surface area contributed by atoms with Gasteiger partial charge in [-0.05, 0) is 20.3 Å². The highest BCUT2D eigenvalue weighted by molar-refractivity contribution is 6.02. The van der Waals surface area contributed by atoms with Gasteiger partial charge in [0.1, 0.15) is 5.69 Å². The number of nitrogens with zero attached hydrogens (tertiary/aromatic N) is 4. The van der Waals surface area contributed by atoms with Gasteiger partial charge >= 0.3 is 0 Å². The van der Waals surface area contributed by atoms with Crippen LogP contribution in [0.5, 0.6) is 0 Å². The van der Waals surface area contributed by atoms with Crippen molar-refractivity contribution in [2.75, 3.05) is 5.32 Å². The Morgan fingerprint density at radius 1 is 1.53 bits per heavy atom. The molecule has 2 heterocycles. The van der Waals surface area contributed by atoms with Crippen molar-refractivity contribution >= 4 is 11.7 Å². The minimum atomic E-state index is -0.241. The Kier molecular flexibility index (Phi) is 3.69. The highest BCUT2D eigenvalue weighted by Crippen LogP contribution is 2.16. The minimum Gasteiger partial charge on any atom is -0.340 e. The lowest BCUT2D eigenvalue weighted by atomic mass is 10.2. The molecule has 0 saturated heterocycles. The minimum absolute atomic E-state index is 0.241. The number of rotatable bonds is 4. The first-order chi connectivity index (χ1) is 9.01. The zero-order valence-corrected chi connectivity index (χ0v) is 11.7. The normalized spacial score (nSPS) is 12.4. The highest BCUT2D eigenvalue weighted by atomic mass is 16.2. The van der Waals surface area contributed by atoms with Gasteiger partial charge < -0.3 is 9.88 Å². The molecule has 0 aliphatic heterocycles. The fraction of sp³-hybridized carbons (Fsp3) is 0.462. The fourth-order valence-corrected chi connectivity index (χ4v) is 1.88. The summed E-state index contributed by atoms with van der Waals surface area (Å²) in [5.41, 5.74) is 1.42. The molecule has 1 amide bonds. The van der Waals surface area contributed by atoms with E-state index in [1.165, 1.54) is 0 Å². The van der Waals surface area contributed by atoms with Crippen LogP contribution in [-0.4, -0.2) is 25.2 Å². The molecule has 0 aliphatic rings. The molecule has 6 nitrogen and oxygen atoms in total. The van der Waals surface area contributed by atoms with Crippen molar-refractivity contribution in [3.63, 3.8) is 0 Å². The predicted octanol–water partition coefficient (Wildman–Crippen LogP) is 2.15. The Bertz CT molecular complexity index is 584. The van der Waals surface area contributed by atoms with Gasteiger partial charge in [0.15, 0.2) is 5.82 Å². The molecule has 0 spiro atoms. The van der Waals surface area contributed by atoms with Crippen molar-refractivity contribution in [1.29, 1.82) is 0 Å². The Hall–Kier alpha value is -2.11. The lowest BCUT2D eigenvalue weighted by Gasteiger charge is -2.10. The number of hydrogen-bond donors (Lipinski definition) is 1. The molecule has 102 valence electrons. The van der Waals surface area contributed by atoms with Gasteiger partial charge in [-0.15, -0.1) is 0 Å². The Morgan fingerprint density at radius 3 is 2.84 bits per heavy atom. The number of amides is 1. The largest absolute Gasteiger partial charge is 0.340 e. The van der Waals surface area contributed by atoms with E-state index in [4.69, 9.17) is 0 Å². The quantitative estimate of drug-likeness (QED) is 0.917. The number of imidazole rings is 1. The topological polar surface area (TPSA) is 64.7 Å². The first-order valence-corrected chi connectivity index (χ1v) is 6.36. The Morgan fingerprint density at radius 2 is 2.26 bits per heavy atom. The first kappa shape index (κ1) is 13.3. The smallest absolute Gasteiger partial charge is 0.277 e. The van der Waals surface area contributed by atoms with E-state index < -0.39 is 0 Å². The number of carbonyl (C=O) groups excluding carboxylic acids is 1. The van der Waals surface area contributed by atoms with E-state index >= 15 is 0 Å². The van der Waals surface area contributed by atoms with Crippen LogP contribution in [0.15, 0.2) is 18.6 Å².